The summed E-state index contributed by atoms with van der Waals surface area (Å²) in [5, 5.41) is 5.56. The monoisotopic (exact) mass is 427 g/mol. The van der Waals surface area contributed by atoms with Gasteiger partial charge in [0.15, 0.2) is 0 Å². The zero-order valence-corrected chi connectivity index (χ0v) is 18.2. The van der Waals surface area contributed by atoms with Crippen LogP contribution in [-0.2, 0) is 20.9 Å². The van der Waals surface area contributed by atoms with Crippen LogP contribution < -0.4 is 10.6 Å². The van der Waals surface area contributed by atoms with Crippen molar-refractivity contribution in [3.63, 3.8) is 0 Å². The van der Waals surface area contributed by atoms with Gasteiger partial charge in [-0.05, 0) is 36.1 Å². The molecule has 0 bridgehead atoms. The number of benzene rings is 2. The molecule has 0 aromatic heterocycles. The summed E-state index contributed by atoms with van der Waals surface area (Å²) in [4.78, 5) is 39.4. The zero-order chi connectivity index (χ0) is 22.8. The van der Waals surface area contributed by atoms with E-state index >= 15 is 0 Å². The second-order valence-corrected chi connectivity index (χ2v) is 7.76. The van der Waals surface area contributed by atoms with Crippen LogP contribution in [0.25, 0.3) is 0 Å². The summed E-state index contributed by atoms with van der Waals surface area (Å²) in [6, 6.07) is 14.0. The molecule has 0 saturated carbocycles. The molecule has 2 aromatic carbocycles. The molecule has 31 heavy (non-hydrogen) atoms. The van der Waals surface area contributed by atoms with Gasteiger partial charge in [-0.2, -0.15) is 0 Å². The molecule has 2 rings (SSSR count). The molecule has 1 atom stereocenters. The van der Waals surface area contributed by atoms with Crippen LogP contribution in [0.2, 0.25) is 0 Å². The lowest BCUT2D eigenvalue weighted by Crippen LogP contribution is -2.46. The Hall–Kier alpha value is -3.22. The van der Waals surface area contributed by atoms with Crippen molar-refractivity contribution in [3.8, 4) is 0 Å². The minimum absolute atomic E-state index is 0.139. The molecule has 0 aliphatic heterocycles. The van der Waals surface area contributed by atoms with Crippen LogP contribution in [0.15, 0.2) is 54.6 Å². The third kappa shape index (κ3) is 7.85. The molecule has 3 amide bonds. The lowest BCUT2D eigenvalue weighted by molar-refractivity contribution is -0.139. The maximum atomic E-state index is 13.2. The number of carbonyl (C=O) groups is 3. The van der Waals surface area contributed by atoms with Crippen molar-refractivity contribution in [1.29, 1.82) is 0 Å². The highest BCUT2D eigenvalue weighted by Gasteiger charge is 2.28. The summed E-state index contributed by atoms with van der Waals surface area (Å²) in [7, 11) is 0. The number of carbonyl (C=O) groups excluding carboxylic acids is 3. The van der Waals surface area contributed by atoms with Gasteiger partial charge in [-0.25, -0.2) is 4.39 Å². The van der Waals surface area contributed by atoms with Crippen LogP contribution in [0.3, 0.4) is 0 Å². The van der Waals surface area contributed by atoms with Gasteiger partial charge >= 0.3 is 0 Å². The summed E-state index contributed by atoms with van der Waals surface area (Å²) in [5.74, 6) is -1.08. The largest absolute Gasteiger partial charge is 0.350 e. The highest BCUT2D eigenvalue weighted by Crippen LogP contribution is 2.17. The van der Waals surface area contributed by atoms with Gasteiger partial charge in [0.05, 0.1) is 6.54 Å². The summed E-state index contributed by atoms with van der Waals surface area (Å²) in [6.45, 7) is 6.05. The summed E-state index contributed by atoms with van der Waals surface area (Å²) in [5.41, 5.74) is 1.42. The van der Waals surface area contributed by atoms with Crippen molar-refractivity contribution < 1.29 is 18.8 Å². The Morgan fingerprint density at radius 2 is 1.61 bits per heavy atom. The Bertz CT molecular complexity index is 869. The van der Waals surface area contributed by atoms with Gasteiger partial charge in [0.2, 0.25) is 17.7 Å². The highest BCUT2D eigenvalue weighted by molar-refractivity contribution is 5.91. The minimum Gasteiger partial charge on any atom is -0.350 e. The first-order valence-electron chi connectivity index (χ1n) is 10.4. The van der Waals surface area contributed by atoms with E-state index in [4.69, 9.17) is 0 Å². The van der Waals surface area contributed by atoms with E-state index in [2.05, 4.69) is 10.6 Å². The van der Waals surface area contributed by atoms with Gasteiger partial charge in [0.25, 0.3) is 0 Å². The fourth-order valence-electron chi connectivity index (χ4n) is 3.08. The lowest BCUT2D eigenvalue weighted by atomic mass is 10.0. The number of likely N-dealkylation sites (N-methyl/N-ethyl adjacent to an activating group) is 1. The number of nitrogens with zero attached hydrogens (tertiary/aromatic N) is 1. The minimum atomic E-state index is -0.864. The van der Waals surface area contributed by atoms with Crippen molar-refractivity contribution in [3.05, 3.63) is 71.5 Å². The Balaban J connectivity index is 2.06. The van der Waals surface area contributed by atoms with Crippen LogP contribution in [-0.4, -0.2) is 35.7 Å². The predicted octanol–water partition coefficient (Wildman–Crippen LogP) is 3.19. The van der Waals surface area contributed by atoms with E-state index in [9.17, 15) is 18.8 Å². The zero-order valence-electron chi connectivity index (χ0n) is 18.2. The predicted molar refractivity (Wildman–Crippen MR) is 117 cm³/mol. The molecule has 2 N–H and O–H groups in total. The smallest absolute Gasteiger partial charge is 0.250 e. The van der Waals surface area contributed by atoms with E-state index in [1.54, 1.807) is 43.3 Å². The maximum absolute atomic E-state index is 13.2. The third-order valence-corrected chi connectivity index (χ3v) is 4.71. The Morgan fingerprint density at radius 3 is 2.19 bits per heavy atom. The van der Waals surface area contributed by atoms with Crippen molar-refractivity contribution in [2.24, 2.45) is 5.92 Å². The van der Waals surface area contributed by atoms with Crippen molar-refractivity contribution in [2.75, 3.05) is 13.1 Å². The number of halogens is 1. The first-order chi connectivity index (χ1) is 14.8. The van der Waals surface area contributed by atoms with E-state index in [0.717, 1.165) is 5.56 Å². The number of rotatable bonds is 10. The average molecular weight is 428 g/mol. The standard InChI is InChI=1S/C24H30FN3O3/c1-4-28(16-22(30)26-15-18-10-12-20(25)13-11-18)24(31)23(19-8-6-5-7-9-19)27-21(29)14-17(2)3/h5-13,17,23H,4,14-16H2,1-3H3,(H,26,30)(H,27,29). The molecule has 0 radical (unpaired) electrons. The van der Waals surface area contributed by atoms with Gasteiger partial charge in [0, 0.05) is 19.5 Å². The fourth-order valence-corrected chi connectivity index (χ4v) is 3.08. The van der Waals surface area contributed by atoms with E-state index < -0.39 is 6.04 Å². The van der Waals surface area contributed by atoms with E-state index in [1.165, 1.54) is 17.0 Å². The SMILES string of the molecule is CCN(CC(=O)NCc1ccc(F)cc1)C(=O)C(NC(=O)CC(C)C)c1ccccc1. The molecule has 2 aromatic rings. The molecule has 0 saturated heterocycles. The summed E-state index contributed by atoms with van der Waals surface area (Å²) >= 11 is 0. The van der Waals surface area contributed by atoms with Gasteiger partial charge in [-0.15, -0.1) is 0 Å². The molecule has 7 heteroatoms. The van der Waals surface area contributed by atoms with Crippen molar-refractivity contribution >= 4 is 17.7 Å². The second kappa shape index (κ2) is 11.8. The van der Waals surface area contributed by atoms with Crippen LogP contribution in [0, 0.1) is 11.7 Å². The number of hydrogen-bond donors (Lipinski definition) is 2. The molecular weight excluding hydrogens is 397 g/mol. The van der Waals surface area contributed by atoms with Crippen molar-refractivity contribution in [2.45, 2.75) is 39.8 Å². The van der Waals surface area contributed by atoms with Gasteiger partial charge in [-0.1, -0.05) is 56.3 Å². The molecule has 0 aliphatic rings. The van der Waals surface area contributed by atoms with Crippen LogP contribution in [0.1, 0.15) is 44.4 Å². The molecule has 0 fully saturated rings. The number of hydrogen-bond acceptors (Lipinski definition) is 3. The normalized spacial score (nSPS) is 11.6. The molecule has 6 nitrogen and oxygen atoms in total. The third-order valence-electron chi connectivity index (χ3n) is 4.71. The molecule has 1 unspecified atom stereocenters. The van der Waals surface area contributed by atoms with Crippen LogP contribution >= 0.6 is 0 Å². The quantitative estimate of drug-likeness (QED) is 0.611. The van der Waals surface area contributed by atoms with Gasteiger partial charge in [0.1, 0.15) is 11.9 Å². The summed E-state index contributed by atoms with van der Waals surface area (Å²) < 4.78 is 13.0. The Morgan fingerprint density at radius 1 is 0.968 bits per heavy atom. The fraction of sp³-hybridized carbons (Fsp3) is 0.375. The average Bonchev–Trinajstić information content (AvgIpc) is 2.75. The van der Waals surface area contributed by atoms with Crippen molar-refractivity contribution in [1.82, 2.24) is 15.5 Å². The van der Waals surface area contributed by atoms with Gasteiger partial charge < -0.3 is 15.5 Å². The Labute approximate surface area is 182 Å². The highest BCUT2D eigenvalue weighted by atomic mass is 19.1. The Kier molecular flexibility index (Phi) is 9.18. The van der Waals surface area contributed by atoms with Crippen LogP contribution in [0.4, 0.5) is 4.39 Å². The molecular formula is C24H30FN3O3. The van der Waals surface area contributed by atoms with Gasteiger partial charge in [-0.3, -0.25) is 14.4 Å². The van der Waals surface area contributed by atoms with E-state index in [1.807, 2.05) is 19.9 Å². The second-order valence-electron chi connectivity index (χ2n) is 7.76. The first-order valence-corrected chi connectivity index (χ1v) is 10.4. The number of amides is 3. The molecule has 0 heterocycles. The van der Waals surface area contributed by atoms with E-state index in [-0.39, 0.29) is 42.5 Å². The molecule has 0 aliphatic carbocycles. The van der Waals surface area contributed by atoms with Crippen LogP contribution in [0.5, 0.6) is 0 Å². The lowest BCUT2D eigenvalue weighted by Gasteiger charge is -2.27. The maximum Gasteiger partial charge on any atom is 0.250 e. The number of nitrogens with one attached hydrogen (secondary N) is 2. The van der Waals surface area contributed by atoms with E-state index in [0.29, 0.717) is 18.5 Å². The first kappa shape index (κ1) is 24.1. The molecule has 166 valence electrons. The molecule has 0 spiro atoms. The topological polar surface area (TPSA) is 78.5 Å². The summed E-state index contributed by atoms with van der Waals surface area (Å²) in [6.07, 6.45) is 0.306.